The molecule has 1 N–H and O–H groups in total. The molecule has 1 spiro atoms. The number of carbonyl (C=O) groups is 3. The van der Waals surface area contributed by atoms with Crippen molar-refractivity contribution in [2.45, 2.75) is 39.2 Å². The van der Waals surface area contributed by atoms with Crippen LogP contribution in [-0.2, 0) is 9.59 Å². The zero-order valence-corrected chi connectivity index (χ0v) is 16.1. The van der Waals surface area contributed by atoms with Crippen molar-refractivity contribution < 1.29 is 19.5 Å². The van der Waals surface area contributed by atoms with Crippen molar-refractivity contribution in [2.75, 3.05) is 19.6 Å². The van der Waals surface area contributed by atoms with Crippen LogP contribution in [-0.4, -0.2) is 67.8 Å². The number of fused-ring (bicyclic) bond motifs is 1. The van der Waals surface area contributed by atoms with E-state index in [-0.39, 0.29) is 17.2 Å². The Morgan fingerprint density at radius 3 is 2.50 bits per heavy atom. The van der Waals surface area contributed by atoms with E-state index in [9.17, 15) is 19.5 Å². The molecule has 8 nitrogen and oxygen atoms in total. The molecule has 0 saturated carbocycles. The summed E-state index contributed by atoms with van der Waals surface area (Å²) in [6.07, 6.45) is 3.61. The van der Waals surface area contributed by atoms with Gasteiger partial charge in [0, 0.05) is 38.4 Å². The molecule has 2 aliphatic rings. The van der Waals surface area contributed by atoms with Gasteiger partial charge in [-0.1, -0.05) is 6.07 Å². The Balaban J connectivity index is 1.48. The SMILES string of the molecule is CC(=O)N1CC2(CCN(C(=O)c3cn4c(C)cccc4n3)CC2)CC1C(=O)O. The minimum atomic E-state index is -0.953. The quantitative estimate of drug-likeness (QED) is 0.848. The van der Waals surface area contributed by atoms with Crippen LogP contribution in [0.1, 0.15) is 42.4 Å². The maximum atomic E-state index is 12.9. The number of imidazole rings is 1. The second-order valence-corrected chi connectivity index (χ2v) is 8.02. The number of carboxylic acid groups (broad SMARTS) is 1. The molecule has 0 aromatic carbocycles. The van der Waals surface area contributed by atoms with E-state index >= 15 is 0 Å². The largest absolute Gasteiger partial charge is 0.480 e. The number of aromatic nitrogens is 2. The molecular formula is C20H24N4O4. The minimum Gasteiger partial charge on any atom is -0.480 e. The first-order valence-corrected chi connectivity index (χ1v) is 9.54. The smallest absolute Gasteiger partial charge is 0.326 e. The molecule has 0 radical (unpaired) electrons. The Morgan fingerprint density at radius 2 is 1.93 bits per heavy atom. The molecule has 2 saturated heterocycles. The molecule has 0 aliphatic carbocycles. The third-order valence-electron chi connectivity index (χ3n) is 6.22. The number of rotatable bonds is 2. The van der Waals surface area contributed by atoms with Crippen LogP contribution in [0.2, 0.25) is 0 Å². The van der Waals surface area contributed by atoms with Crippen molar-refractivity contribution in [2.24, 2.45) is 5.41 Å². The van der Waals surface area contributed by atoms with E-state index in [1.54, 1.807) is 11.1 Å². The molecule has 2 aromatic rings. The average molecular weight is 384 g/mol. The van der Waals surface area contributed by atoms with Crippen molar-refractivity contribution in [1.82, 2.24) is 19.2 Å². The number of aliphatic carboxylic acids is 1. The first-order valence-electron chi connectivity index (χ1n) is 9.54. The molecule has 4 heterocycles. The highest BCUT2D eigenvalue weighted by Crippen LogP contribution is 2.43. The second kappa shape index (κ2) is 6.61. The van der Waals surface area contributed by atoms with E-state index in [0.717, 1.165) is 11.3 Å². The van der Waals surface area contributed by atoms with Gasteiger partial charge in [0.15, 0.2) is 0 Å². The standard InChI is InChI=1S/C20H24N4O4/c1-13-4-3-5-17-21-15(11-23(13)17)18(26)22-8-6-20(7-9-22)10-16(19(27)28)24(12-20)14(2)25/h3-5,11,16H,6-10,12H2,1-2H3,(H,27,28). The van der Waals surface area contributed by atoms with Crippen molar-refractivity contribution in [3.05, 3.63) is 35.8 Å². The second-order valence-electron chi connectivity index (χ2n) is 8.02. The number of pyridine rings is 1. The molecule has 2 fully saturated rings. The van der Waals surface area contributed by atoms with Gasteiger partial charge in [-0.05, 0) is 43.7 Å². The Morgan fingerprint density at radius 1 is 1.21 bits per heavy atom. The molecule has 1 unspecified atom stereocenters. The third kappa shape index (κ3) is 3.02. The fourth-order valence-corrected chi connectivity index (χ4v) is 4.57. The third-order valence-corrected chi connectivity index (χ3v) is 6.22. The van der Waals surface area contributed by atoms with E-state index in [4.69, 9.17) is 0 Å². The zero-order chi connectivity index (χ0) is 20.1. The van der Waals surface area contributed by atoms with Gasteiger partial charge in [0.05, 0.1) is 0 Å². The Hall–Kier alpha value is -2.90. The van der Waals surface area contributed by atoms with Gasteiger partial charge in [-0.3, -0.25) is 9.59 Å². The number of hydrogen-bond donors (Lipinski definition) is 1. The van der Waals surface area contributed by atoms with Crippen LogP contribution in [0.3, 0.4) is 0 Å². The summed E-state index contributed by atoms with van der Waals surface area (Å²) < 4.78 is 1.90. The average Bonchev–Trinajstić information content (AvgIpc) is 3.25. The van der Waals surface area contributed by atoms with Crippen LogP contribution in [0.4, 0.5) is 0 Å². The Labute approximate surface area is 162 Å². The summed E-state index contributed by atoms with van der Waals surface area (Å²) in [5.74, 6) is -1.26. The number of amides is 2. The minimum absolute atomic E-state index is 0.103. The predicted molar refractivity (Wildman–Crippen MR) is 101 cm³/mol. The highest BCUT2D eigenvalue weighted by Gasteiger charge is 2.49. The fourth-order valence-electron chi connectivity index (χ4n) is 4.57. The number of carboxylic acids is 1. The highest BCUT2D eigenvalue weighted by molar-refractivity contribution is 5.93. The molecule has 4 rings (SSSR count). The summed E-state index contributed by atoms with van der Waals surface area (Å²) in [6.45, 7) is 4.93. The monoisotopic (exact) mass is 384 g/mol. The van der Waals surface area contributed by atoms with Crippen molar-refractivity contribution in [1.29, 1.82) is 0 Å². The molecule has 1 atom stereocenters. The van der Waals surface area contributed by atoms with Gasteiger partial charge in [-0.25, -0.2) is 9.78 Å². The Kier molecular flexibility index (Phi) is 4.36. The predicted octanol–water partition coefficient (Wildman–Crippen LogP) is 1.57. The summed E-state index contributed by atoms with van der Waals surface area (Å²) in [7, 11) is 0. The van der Waals surface area contributed by atoms with E-state index < -0.39 is 12.0 Å². The lowest BCUT2D eigenvalue weighted by Crippen LogP contribution is -2.44. The normalized spacial score (nSPS) is 21.4. The maximum Gasteiger partial charge on any atom is 0.326 e. The van der Waals surface area contributed by atoms with Gasteiger partial charge < -0.3 is 19.3 Å². The van der Waals surface area contributed by atoms with Gasteiger partial charge in [0.2, 0.25) is 5.91 Å². The van der Waals surface area contributed by atoms with E-state index in [1.165, 1.54) is 11.8 Å². The number of hydrogen-bond acceptors (Lipinski definition) is 4. The first kappa shape index (κ1) is 18.5. The van der Waals surface area contributed by atoms with Gasteiger partial charge in [0.1, 0.15) is 17.4 Å². The molecule has 2 aliphatic heterocycles. The summed E-state index contributed by atoms with van der Waals surface area (Å²) in [6, 6.07) is 4.99. The number of nitrogens with zero attached hydrogens (tertiary/aromatic N) is 4. The first-order chi connectivity index (χ1) is 13.3. The van der Waals surface area contributed by atoms with Crippen molar-refractivity contribution in [3.8, 4) is 0 Å². The van der Waals surface area contributed by atoms with Crippen LogP contribution in [0.15, 0.2) is 24.4 Å². The lowest BCUT2D eigenvalue weighted by atomic mass is 9.76. The zero-order valence-electron chi connectivity index (χ0n) is 16.1. The number of aryl methyl sites for hydroxylation is 1. The summed E-state index contributed by atoms with van der Waals surface area (Å²) in [5.41, 5.74) is 1.96. The summed E-state index contributed by atoms with van der Waals surface area (Å²) >= 11 is 0. The van der Waals surface area contributed by atoms with Gasteiger partial charge in [-0.2, -0.15) is 0 Å². The highest BCUT2D eigenvalue weighted by atomic mass is 16.4. The van der Waals surface area contributed by atoms with Crippen LogP contribution in [0.5, 0.6) is 0 Å². The van der Waals surface area contributed by atoms with Crippen molar-refractivity contribution in [3.63, 3.8) is 0 Å². The van der Waals surface area contributed by atoms with E-state index in [0.29, 0.717) is 44.6 Å². The topological polar surface area (TPSA) is 95.2 Å². The van der Waals surface area contributed by atoms with Gasteiger partial charge >= 0.3 is 5.97 Å². The lowest BCUT2D eigenvalue weighted by molar-refractivity contribution is -0.147. The maximum absolute atomic E-state index is 12.9. The van der Waals surface area contributed by atoms with E-state index in [1.807, 2.05) is 29.5 Å². The molecule has 28 heavy (non-hydrogen) atoms. The number of piperidine rings is 1. The fraction of sp³-hybridized carbons (Fsp3) is 0.500. The van der Waals surface area contributed by atoms with Gasteiger partial charge in [0.25, 0.3) is 5.91 Å². The van der Waals surface area contributed by atoms with Crippen LogP contribution >= 0.6 is 0 Å². The van der Waals surface area contributed by atoms with Crippen LogP contribution in [0, 0.1) is 12.3 Å². The number of likely N-dealkylation sites (tertiary alicyclic amines) is 2. The summed E-state index contributed by atoms with van der Waals surface area (Å²) in [4.78, 5) is 44.0. The lowest BCUT2D eigenvalue weighted by Gasteiger charge is -2.38. The van der Waals surface area contributed by atoms with E-state index in [2.05, 4.69) is 4.98 Å². The Bertz CT molecular complexity index is 934. The summed E-state index contributed by atoms with van der Waals surface area (Å²) in [5, 5.41) is 9.46. The van der Waals surface area contributed by atoms with Gasteiger partial charge in [-0.15, -0.1) is 0 Å². The molecule has 2 amide bonds. The molecule has 2 aromatic heterocycles. The number of carbonyl (C=O) groups excluding carboxylic acids is 2. The van der Waals surface area contributed by atoms with Crippen LogP contribution in [0.25, 0.3) is 5.65 Å². The molecule has 8 heteroatoms. The molecule has 148 valence electrons. The van der Waals surface area contributed by atoms with Crippen molar-refractivity contribution >= 4 is 23.4 Å². The molecular weight excluding hydrogens is 360 g/mol. The molecule has 0 bridgehead atoms. The van der Waals surface area contributed by atoms with Crippen LogP contribution < -0.4 is 0 Å².